The first-order chi connectivity index (χ1) is 14.8. The van der Waals surface area contributed by atoms with Crippen molar-refractivity contribution in [2.75, 3.05) is 33.7 Å². The molecule has 0 fully saturated rings. The number of rotatable bonds is 8. The molecule has 0 aromatic carbocycles. The number of likely N-dealkylation sites (N-methyl/N-ethyl adjacent to an activating group) is 1. The van der Waals surface area contributed by atoms with Gasteiger partial charge in [0.05, 0.1) is 12.6 Å². The van der Waals surface area contributed by atoms with Crippen molar-refractivity contribution in [1.29, 1.82) is 0 Å². The molecule has 0 saturated heterocycles. The van der Waals surface area contributed by atoms with Crippen LogP contribution in [0.15, 0.2) is 23.6 Å². The summed E-state index contributed by atoms with van der Waals surface area (Å²) >= 11 is 1.61. The molecule has 0 bridgehead atoms. The van der Waals surface area contributed by atoms with Crippen molar-refractivity contribution in [3.63, 3.8) is 0 Å². The average molecular weight is 445 g/mol. The van der Waals surface area contributed by atoms with Crippen LogP contribution in [0.3, 0.4) is 0 Å². The van der Waals surface area contributed by atoms with Crippen molar-refractivity contribution in [3.8, 4) is 0 Å². The lowest BCUT2D eigenvalue weighted by Crippen LogP contribution is -2.37. The Hall–Kier alpha value is -2.52. The molecule has 1 atom stereocenters. The predicted octanol–water partition coefficient (Wildman–Crippen LogP) is 2.20. The maximum atomic E-state index is 12.7. The van der Waals surface area contributed by atoms with Gasteiger partial charge in [-0.1, -0.05) is 19.9 Å². The van der Waals surface area contributed by atoms with E-state index < -0.39 is 0 Å². The molecule has 9 heteroatoms. The average Bonchev–Trinajstić information content (AvgIpc) is 3.30. The lowest BCUT2D eigenvalue weighted by atomic mass is 10.0. The normalized spacial score (nSPS) is 15.4. The van der Waals surface area contributed by atoms with Crippen molar-refractivity contribution in [2.45, 2.75) is 39.3 Å². The van der Waals surface area contributed by atoms with Gasteiger partial charge in [-0.05, 0) is 44.0 Å². The van der Waals surface area contributed by atoms with Crippen LogP contribution in [0.2, 0.25) is 0 Å². The molecule has 1 unspecified atom stereocenters. The summed E-state index contributed by atoms with van der Waals surface area (Å²) in [5.41, 5.74) is 0. The van der Waals surface area contributed by atoms with E-state index in [9.17, 15) is 9.59 Å². The molecule has 0 radical (unpaired) electrons. The summed E-state index contributed by atoms with van der Waals surface area (Å²) in [6, 6.07) is 3.76. The van der Waals surface area contributed by atoms with E-state index in [1.807, 2.05) is 47.5 Å². The fraction of sp³-hybridized carbons (Fsp3) is 0.545. The van der Waals surface area contributed by atoms with Crippen LogP contribution < -0.4 is 5.32 Å². The Balaban J connectivity index is 1.71. The molecule has 0 spiro atoms. The van der Waals surface area contributed by atoms with Crippen molar-refractivity contribution in [2.24, 2.45) is 5.92 Å². The lowest BCUT2D eigenvalue weighted by Gasteiger charge is -2.22. The minimum Gasteiger partial charge on any atom is -0.345 e. The molecule has 2 aromatic rings. The number of nitrogens with zero attached hydrogens (tertiary/aromatic N) is 5. The fourth-order valence-electron chi connectivity index (χ4n) is 3.70. The molecule has 3 heterocycles. The van der Waals surface area contributed by atoms with Gasteiger partial charge in [-0.15, -0.1) is 21.5 Å². The summed E-state index contributed by atoms with van der Waals surface area (Å²) < 4.78 is 2.08. The van der Waals surface area contributed by atoms with Crippen molar-refractivity contribution >= 4 is 29.2 Å². The summed E-state index contributed by atoms with van der Waals surface area (Å²) in [7, 11) is 3.75. The monoisotopic (exact) mass is 444 g/mol. The number of nitrogens with one attached hydrogen (secondary N) is 1. The number of carbonyl (C=O) groups excluding carboxylic acids is 2. The van der Waals surface area contributed by atoms with Crippen LogP contribution in [0.25, 0.3) is 6.08 Å². The lowest BCUT2D eigenvalue weighted by molar-refractivity contribution is -0.126. The molecule has 0 saturated carbocycles. The Morgan fingerprint density at radius 3 is 2.74 bits per heavy atom. The van der Waals surface area contributed by atoms with Gasteiger partial charge in [0.25, 0.3) is 0 Å². The number of amides is 2. The standard InChI is InChI=1S/C22H32N6O2S/c1-16(2)14-18(23-20(29)15-26(3)4)22-25-24-19-9-10-27(11-12-28(19)22)21(30)8-7-17-6-5-13-31-17/h5-8,13,16,18H,9-12,14-15H2,1-4H3,(H,23,29)/b8-7+. The van der Waals surface area contributed by atoms with Crippen molar-refractivity contribution < 1.29 is 9.59 Å². The Kier molecular flexibility index (Phi) is 7.97. The van der Waals surface area contributed by atoms with Crippen molar-refractivity contribution in [3.05, 3.63) is 40.1 Å². The van der Waals surface area contributed by atoms with Gasteiger partial charge in [-0.3, -0.25) is 9.59 Å². The zero-order valence-corrected chi connectivity index (χ0v) is 19.6. The van der Waals surface area contributed by atoms with Crippen LogP contribution in [0.1, 0.15) is 42.8 Å². The summed E-state index contributed by atoms with van der Waals surface area (Å²) in [4.78, 5) is 29.8. The molecule has 168 valence electrons. The molecule has 3 rings (SSSR count). The van der Waals surface area contributed by atoms with Gasteiger partial charge in [-0.2, -0.15) is 0 Å². The topological polar surface area (TPSA) is 83.4 Å². The maximum absolute atomic E-state index is 12.7. The molecule has 2 aromatic heterocycles. The zero-order valence-electron chi connectivity index (χ0n) is 18.7. The van der Waals surface area contributed by atoms with Gasteiger partial charge < -0.3 is 19.7 Å². The van der Waals surface area contributed by atoms with E-state index in [1.165, 1.54) is 0 Å². The number of hydrogen-bond donors (Lipinski definition) is 1. The maximum Gasteiger partial charge on any atom is 0.246 e. The quantitative estimate of drug-likeness (QED) is 0.631. The predicted molar refractivity (Wildman–Crippen MR) is 123 cm³/mol. The summed E-state index contributed by atoms with van der Waals surface area (Å²) in [5.74, 6) is 2.01. The number of aromatic nitrogens is 3. The Morgan fingerprint density at radius 1 is 1.26 bits per heavy atom. The first-order valence-electron chi connectivity index (χ1n) is 10.7. The number of thiophene rings is 1. The third-order valence-electron chi connectivity index (χ3n) is 5.11. The zero-order chi connectivity index (χ0) is 22.4. The fourth-order valence-corrected chi connectivity index (χ4v) is 4.31. The second-order valence-electron chi connectivity index (χ2n) is 8.54. The van der Waals surface area contributed by atoms with Gasteiger partial charge in [-0.25, -0.2) is 0 Å². The smallest absolute Gasteiger partial charge is 0.246 e. The Bertz CT molecular complexity index is 903. The molecule has 0 aliphatic carbocycles. The van der Waals surface area contributed by atoms with Crippen LogP contribution in [0.4, 0.5) is 0 Å². The molecule has 2 amide bonds. The van der Waals surface area contributed by atoms with Crippen LogP contribution in [0, 0.1) is 5.92 Å². The van der Waals surface area contributed by atoms with Gasteiger partial charge in [0.15, 0.2) is 5.82 Å². The van der Waals surface area contributed by atoms with Crippen molar-refractivity contribution in [1.82, 2.24) is 29.9 Å². The molecule has 31 heavy (non-hydrogen) atoms. The highest BCUT2D eigenvalue weighted by atomic mass is 32.1. The van der Waals surface area contributed by atoms with Gasteiger partial charge in [0, 0.05) is 37.0 Å². The summed E-state index contributed by atoms with van der Waals surface area (Å²) in [6.45, 7) is 6.40. The van der Waals surface area contributed by atoms with E-state index >= 15 is 0 Å². The molecule has 1 aliphatic heterocycles. The van der Waals surface area contributed by atoms with Crippen LogP contribution >= 0.6 is 11.3 Å². The SMILES string of the molecule is CC(C)CC(NC(=O)CN(C)C)c1nnc2n1CCN(C(=O)/C=C/c1cccs1)CC2. The van der Waals surface area contributed by atoms with Crippen LogP contribution in [-0.2, 0) is 22.6 Å². The second-order valence-corrected chi connectivity index (χ2v) is 9.52. The molecule has 1 aliphatic rings. The van der Waals surface area contributed by atoms with E-state index in [0.717, 1.165) is 22.9 Å². The third-order valence-corrected chi connectivity index (χ3v) is 5.95. The van der Waals surface area contributed by atoms with Gasteiger partial charge >= 0.3 is 0 Å². The number of hydrogen-bond acceptors (Lipinski definition) is 6. The molecule has 8 nitrogen and oxygen atoms in total. The number of fused-ring (bicyclic) bond motifs is 1. The van der Waals surface area contributed by atoms with E-state index in [-0.39, 0.29) is 17.9 Å². The van der Waals surface area contributed by atoms with Gasteiger partial charge in [0.1, 0.15) is 5.82 Å². The summed E-state index contributed by atoms with van der Waals surface area (Å²) in [5, 5.41) is 13.9. The van der Waals surface area contributed by atoms with E-state index in [2.05, 4.69) is 33.9 Å². The van der Waals surface area contributed by atoms with Crippen LogP contribution in [0.5, 0.6) is 0 Å². The third kappa shape index (κ3) is 6.48. The second kappa shape index (κ2) is 10.7. The Labute approximate surface area is 187 Å². The minimum atomic E-state index is -0.199. The number of carbonyl (C=O) groups is 2. The highest BCUT2D eigenvalue weighted by Gasteiger charge is 2.26. The first kappa shape index (κ1) is 23.1. The highest BCUT2D eigenvalue weighted by Crippen LogP contribution is 2.22. The highest BCUT2D eigenvalue weighted by molar-refractivity contribution is 7.10. The van der Waals surface area contributed by atoms with E-state index in [4.69, 9.17) is 0 Å². The molecular formula is C22H32N6O2S. The van der Waals surface area contributed by atoms with Crippen LogP contribution in [-0.4, -0.2) is 70.1 Å². The largest absolute Gasteiger partial charge is 0.345 e. The molecular weight excluding hydrogens is 412 g/mol. The summed E-state index contributed by atoms with van der Waals surface area (Å²) in [6.07, 6.45) is 4.93. The van der Waals surface area contributed by atoms with E-state index in [0.29, 0.717) is 38.5 Å². The van der Waals surface area contributed by atoms with Gasteiger partial charge in [0.2, 0.25) is 11.8 Å². The molecule has 1 N–H and O–H groups in total. The van der Waals surface area contributed by atoms with E-state index in [1.54, 1.807) is 17.4 Å². The Morgan fingerprint density at radius 2 is 2.06 bits per heavy atom. The first-order valence-corrected chi connectivity index (χ1v) is 11.6. The minimum absolute atomic E-state index is 0.00618.